The van der Waals surface area contributed by atoms with Crippen molar-refractivity contribution in [2.45, 2.75) is 32.9 Å². The molecule has 1 aromatic rings. The van der Waals surface area contributed by atoms with Crippen LogP contribution in [0, 0.1) is 5.92 Å². The van der Waals surface area contributed by atoms with Gasteiger partial charge < -0.3 is 10.2 Å². The number of benzene rings is 1. The smallest absolute Gasteiger partial charge is 0.246 e. The fourth-order valence-corrected chi connectivity index (χ4v) is 2.74. The summed E-state index contributed by atoms with van der Waals surface area (Å²) < 4.78 is 0. The molecular weight excluding hydrogens is 311 g/mol. The van der Waals surface area contributed by atoms with Crippen molar-refractivity contribution in [1.82, 2.24) is 10.2 Å². The summed E-state index contributed by atoms with van der Waals surface area (Å²) in [4.78, 5) is 25.9. The van der Waals surface area contributed by atoms with E-state index in [0.29, 0.717) is 16.6 Å². The Balaban J connectivity index is 2.20. The van der Waals surface area contributed by atoms with Crippen molar-refractivity contribution < 1.29 is 9.59 Å². The first-order valence-corrected chi connectivity index (χ1v) is 7.70. The lowest BCUT2D eigenvalue weighted by Crippen LogP contribution is -2.59. The van der Waals surface area contributed by atoms with Crippen LogP contribution in [0.4, 0.5) is 0 Å². The van der Waals surface area contributed by atoms with Crippen molar-refractivity contribution in [2.24, 2.45) is 5.92 Å². The summed E-state index contributed by atoms with van der Waals surface area (Å²) in [6, 6.07) is 4.82. The molecule has 0 aromatic heterocycles. The van der Waals surface area contributed by atoms with Gasteiger partial charge in [0.05, 0.1) is 16.6 Å². The molecule has 1 heterocycles. The minimum Gasteiger partial charge on any atom is -0.342 e. The lowest BCUT2D eigenvalue weighted by atomic mass is 9.96. The van der Waals surface area contributed by atoms with E-state index in [9.17, 15) is 9.59 Å². The van der Waals surface area contributed by atoms with Gasteiger partial charge in [0.2, 0.25) is 11.8 Å². The topological polar surface area (TPSA) is 49.4 Å². The largest absolute Gasteiger partial charge is 0.342 e. The number of carbonyl (C=O) groups excluding carboxylic acids is 2. The number of nitrogens with one attached hydrogen (secondary N) is 1. The number of halogens is 2. The van der Waals surface area contributed by atoms with E-state index in [2.05, 4.69) is 5.32 Å². The van der Waals surface area contributed by atoms with Crippen molar-refractivity contribution >= 4 is 35.0 Å². The molecule has 2 amide bonds. The maximum absolute atomic E-state index is 12.5. The predicted molar refractivity (Wildman–Crippen MR) is 83.3 cm³/mol. The highest BCUT2D eigenvalue weighted by Gasteiger charge is 2.35. The third-order valence-electron chi connectivity index (χ3n) is 3.83. The van der Waals surface area contributed by atoms with Crippen LogP contribution >= 0.6 is 23.2 Å². The van der Waals surface area contributed by atoms with Gasteiger partial charge in [-0.1, -0.05) is 55.6 Å². The van der Waals surface area contributed by atoms with E-state index < -0.39 is 6.04 Å². The minimum atomic E-state index is -0.464. The number of hydrogen-bond donors (Lipinski definition) is 1. The zero-order valence-electron chi connectivity index (χ0n) is 12.0. The van der Waals surface area contributed by atoms with Gasteiger partial charge in [-0.25, -0.2) is 0 Å². The van der Waals surface area contributed by atoms with Crippen LogP contribution in [0.1, 0.15) is 25.8 Å². The SMILES string of the molecule is CCC(C)C1NC(=O)CN(Cc2cccc(Cl)c2Cl)C1=O. The Morgan fingerprint density at radius 3 is 2.76 bits per heavy atom. The Kier molecular flexibility index (Phi) is 5.12. The Labute approximate surface area is 134 Å². The molecule has 0 bridgehead atoms. The molecule has 114 valence electrons. The van der Waals surface area contributed by atoms with Crippen LogP contribution in [0.5, 0.6) is 0 Å². The summed E-state index contributed by atoms with van der Waals surface area (Å²) in [7, 11) is 0. The molecule has 1 saturated heterocycles. The first-order valence-electron chi connectivity index (χ1n) is 6.95. The normalized spacial score (nSPS) is 20.4. The number of hydrogen-bond acceptors (Lipinski definition) is 2. The number of nitrogens with zero attached hydrogens (tertiary/aromatic N) is 1. The molecule has 0 aliphatic carbocycles. The van der Waals surface area contributed by atoms with Gasteiger partial charge in [0.25, 0.3) is 0 Å². The van der Waals surface area contributed by atoms with E-state index in [1.807, 2.05) is 19.9 Å². The number of carbonyl (C=O) groups is 2. The first-order chi connectivity index (χ1) is 9.93. The van der Waals surface area contributed by atoms with E-state index in [-0.39, 0.29) is 24.3 Å². The number of amides is 2. The number of rotatable bonds is 4. The second-order valence-corrected chi connectivity index (χ2v) is 6.12. The van der Waals surface area contributed by atoms with Crippen LogP contribution in [0.3, 0.4) is 0 Å². The molecule has 1 aromatic carbocycles. The van der Waals surface area contributed by atoms with Crippen LogP contribution in [-0.2, 0) is 16.1 Å². The Bertz CT molecular complexity index is 563. The van der Waals surface area contributed by atoms with Gasteiger partial charge in [-0.15, -0.1) is 0 Å². The first kappa shape index (κ1) is 16.1. The Hall–Kier alpha value is -1.26. The van der Waals surface area contributed by atoms with E-state index in [4.69, 9.17) is 23.2 Å². The monoisotopic (exact) mass is 328 g/mol. The molecule has 1 aliphatic rings. The molecule has 1 aliphatic heterocycles. The molecule has 0 radical (unpaired) electrons. The van der Waals surface area contributed by atoms with E-state index >= 15 is 0 Å². The molecule has 1 fully saturated rings. The maximum Gasteiger partial charge on any atom is 0.246 e. The fraction of sp³-hybridized carbons (Fsp3) is 0.467. The molecular formula is C15H18Cl2N2O2. The summed E-state index contributed by atoms with van der Waals surface area (Å²) in [5.74, 6) is -0.114. The van der Waals surface area contributed by atoms with Crippen LogP contribution in [0.15, 0.2) is 18.2 Å². The van der Waals surface area contributed by atoms with Gasteiger partial charge in [0, 0.05) is 6.54 Å². The van der Waals surface area contributed by atoms with E-state index in [1.165, 1.54) is 4.90 Å². The summed E-state index contributed by atoms with van der Waals surface area (Å²) in [6.45, 7) is 4.29. The molecule has 2 unspecified atom stereocenters. The molecule has 21 heavy (non-hydrogen) atoms. The molecule has 2 rings (SSSR count). The molecule has 0 saturated carbocycles. The van der Waals surface area contributed by atoms with Gasteiger partial charge >= 0.3 is 0 Å². The van der Waals surface area contributed by atoms with Gasteiger partial charge in [-0.3, -0.25) is 9.59 Å². The summed E-state index contributed by atoms with van der Waals surface area (Å²) in [5, 5.41) is 3.64. The lowest BCUT2D eigenvalue weighted by Gasteiger charge is -2.35. The third kappa shape index (κ3) is 3.50. The zero-order chi connectivity index (χ0) is 15.6. The van der Waals surface area contributed by atoms with Crippen LogP contribution < -0.4 is 5.32 Å². The zero-order valence-corrected chi connectivity index (χ0v) is 13.5. The lowest BCUT2D eigenvalue weighted by molar-refractivity contribution is -0.146. The Morgan fingerprint density at radius 1 is 1.38 bits per heavy atom. The predicted octanol–water partition coefficient (Wildman–Crippen LogP) is 2.87. The van der Waals surface area contributed by atoms with Crippen LogP contribution in [-0.4, -0.2) is 29.3 Å². The Morgan fingerprint density at radius 2 is 2.10 bits per heavy atom. The second kappa shape index (κ2) is 6.67. The summed E-state index contributed by atoms with van der Waals surface area (Å²) >= 11 is 12.1. The maximum atomic E-state index is 12.5. The average Bonchev–Trinajstić information content (AvgIpc) is 2.46. The highest BCUT2D eigenvalue weighted by Crippen LogP contribution is 2.27. The standard InChI is InChI=1S/C15H18Cl2N2O2/c1-3-9(2)14-15(21)19(8-12(20)18-14)7-10-5-4-6-11(16)13(10)17/h4-6,9,14H,3,7-8H2,1-2H3,(H,18,20). The quantitative estimate of drug-likeness (QED) is 0.923. The fourth-order valence-electron chi connectivity index (χ4n) is 2.36. The van der Waals surface area contributed by atoms with Crippen molar-refractivity contribution in [1.29, 1.82) is 0 Å². The van der Waals surface area contributed by atoms with E-state index in [1.54, 1.807) is 12.1 Å². The van der Waals surface area contributed by atoms with Gasteiger partial charge in [-0.05, 0) is 17.5 Å². The van der Waals surface area contributed by atoms with Crippen molar-refractivity contribution in [3.63, 3.8) is 0 Å². The van der Waals surface area contributed by atoms with Gasteiger partial charge in [-0.2, -0.15) is 0 Å². The molecule has 0 spiro atoms. The molecule has 1 N–H and O–H groups in total. The van der Waals surface area contributed by atoms with Gasteiger partial charge in [0.15, 0.2) is 0 Å². The minimum absolute atomic E-state index is 0.0502. The number of piperazine rings is 1. The third-order valence-corrected chi connectivity index (χ3v) is 4.69. The highest BCUT2D eigenvalue weighted by molar-refractivity contribution is 6.42. The van der Waals surface area contributed by atoms with Crippen molar-refractivity contribution in [2.75, 3.05) is 6.54 Å². The average molecular weight is 329 g/mol. The van der Waals surface area contributed by atoms with Gasteiger partial charge in [0.1, 0.15) is 6.04 Å². The van der Waals surface area contributed by atoms with E-state index in [0.717, 1.165) is 12.0 Å². The molecule has 2 atom stereocenters. The molecule has 4 nitrogen and oxygen atoms in total. The van der Waals surface area contributed by atoms with Crippen molar-refractivity contribution in [3.8, 4) is 0 Å². The van der Waals surface area contributed by atoms with Crippen molar-refractivity contribution in [3.05, 3.63) is 33.8 Å². The summed E-state index contributed by atoms with van der Waals surface area (Å²) in [5.41, 5.74) is 0.745. The van der Waals surface area contributed by atoms with Crippen LogP contribution in [0.25, 0.3) is 0 Å². The molecule has 6 heteroatoms. The van der Waals surface area contributed by atoms with Crippen LogP contribution in [0.2, 0.25) is 10.0 Å². The summed E-state index contributed by atoms with van der Waals surface area (Å²) in [6.07, 6.45) is 0.822. The second-order valence-electron chi connectivity index (χ2n) is 5.34. The highest BCUT2D eigenvalue weighted by atomic mass is 35.5.